The second kappa shape index (κ2) is 10.2. The van der Waals surface area contributed by atoms with Crippen molar-refractivity contribution in [3.63, 3.8) is 0 Å². The minimum Gasteiger partial charge on any atom is -0.393 e. The first-order valence-corrected chi connectivity index (χ1v) is 14.4. The third kappa shape index (κ3) is 4.64. The van der Waals surface area contributed by atoms with Crippen molar-refractivity contribution in [2.45, 2.75) is 77.0 Å². The summed E-state index contributed by atoms with van der Waals surface area (Å²) in [5.74, 6) is 2.49. The minimum atomic E-state index is -0.218. The van der Waals surface area contributed by atoms with Gasteiger partial charge in [0.25, 0.3) is 0 Å². The number of hydrogen-bond acceptors (Lipinski definition) is 4. The van der Waals surface area contributed by atoms with Crippen molar-refractivity contribution in [1.82, 2.24) is 10.6 Å². The molecular weight excluding hydrogens is 468 g/mol. The second-order valence-electron chi connectivity index (χ2n) is 12.1. The number of carbonyl (C=O) groups is 1. The summed E-state index contributed by atoms with van der Waals surface area (Å²) in [7, 11) is 0. The maximum Gasteiger partial charge on any atom is 0.156 e. The van der Waals surface area contributed by atoms with Crippen molar-refractivity contribution < 1.29 is 9.90 Å². The Kier molecular flexibility index (Phi) is 6.77. The minimum absolute atomic E-state index is 0.0342. The van der Waals surface area contributed by atoms with Gasteiger partial charge in [0.15, 0.2) is 5.78 Å². The molecule has 2 saturated carbocycles. The smallest absolute Gasteiger partial charge is 0.156 e. The van der Waals surface area contributed by atoms with Gasteiger partial charge in [-0.25, -0.2) is 0 Å². The molecule has 2 aromatic rings. The summed E-state index contributed by atoms with van der Waals surface area (Å²) < 4.78 is 0. The fraction of sp³-hybridized carbons (Fsp3) is 0.441. The first kappa shape index (κ1) is 25.2. The molecule has 0 bridgehead atoms. The predicted molar refractivity (Wildman–Crippen MR) is 152 cm³/mol. The number of fused-ring (bicyclic) bond motifs is 4. The van der Waals surface area contributed by atoms with Crippen LogP contribution in [-0.2, 0) is 17.9 Å². The molecule has 38 heavy (non-hydrogen) atoms. The average Bonchev–Trinajstić information content (AvgIpc) is 3.24. The first-order chi connectivity index (χ1) is 18.4. The van der Waals surface area contributed by atoms with Crippen LogP contribution in [0.5, 0.6) is 0 Å². The Hall–Kier alpha value is -3.11. The molecule has 2 aromatic carbocycles. The van der Waals surface area contributed by atoms with Crippen LogP contribution in [0.4, 0.5) is 0 Å². The maximum atomic E-state index is 12.2. The normalized spacial score (nSPS) is 30.2. The van der Waals surface area contributed by atoms with Gasteiger partial charge in [-0.15, -0.1) is 0 Å². The standard InChI is InChI=1S/C34H40N2O2/c1-22(35-20-23-6-4-3-5-7-23)36-21-24-8-10-25(11-9-24)30-19-34(2)31(16-17-32(34)38)29-14-12-26-18-27(37)13-15-28(26)33(29)30/h3-11,18,29-32,35-36,38H,1,12-17,19-21H2,2H3. The highest BCUT2D eigenvalue weighted by molar-refractivity contribution is 5.93. The zero-order valence-electron chi connectivity index (χ0n) is 22.5. The number of hydrogen-bond donors (Lipinski definition) is 3. The molecule has 4 aliphatic rings. The van der Waals surface area contributed by atoms with E-state index in [1.807, 2.05) is 24.3 Å². The highest BCUT2D eigenvalue weighted by atomic mass is 16.3. The zero-order chi connectivity index (χ0) is 26.3. The lowest BCUT2D eigenvalue weighted by atomic mass is 9.53. The van der Waals surface area contributed by atoms with Gasteiger partial charge in [-0.1, -0.05) is 73.7 Å². The molecule has 0 saturated heterocycles. The third-order valence-corrected chi connectivity index (χ3v) is 9.92. The SMILES string of the molecule is C=C(NCc1ccccc1)NCc1ccc(C2CC3(C)C(O)CCC3C3CCC4=CC(=O)CCC4=C23)cc1. The quantitative estimate of drug-likeness (QED) is 0.411. The van der Waals surface area contributed by atoms with Crippen molar-refractivity contribution in [3.05, 3.63) is 106 Å². The van der Waals surface area contributed by atoms with Crippen LogP contribution in [0.2, 0.25) is 0 Å². The highest BCUT2D eigenvalue weighted by Crippen LogP contribution is 2.63. The Balaban J connectivity index is 1.21. The Labute approximate surface area is 226 Å². The van der Waals surface area contributed by atoms with Crippen LogP contribution in [0, 0.1) is 17.3 Å². The molecule has 2 fully saturated rings. The summed E-state index contributed by atoms with van der Waals surface area (Å²) in [4.78, 5) is 12.2. The number of ketones is 1. The van der Waals surface area contributed by atoms with Crippen molar-refractivity contribution in [1.29, 1.82) is 0 Å². The summed E-state index contributed by atoms with van der Waals surface area (Å²) in [5.41, 5.74) is 8.12. The fourth-order valence-corrected chi connectivity index (χ4v) is 7.88. The van der Waals surface area contributed by atoms with Gasteiger partial charge in [0, 0.05) is 25.4 Å². The van der Waals surface area contributed by atoms with Gasteiger partial charge in [-0.05, 0) is 89.7 Å². The Morgan fingerprint density at radius 3 is 2.39 bits per heavy atom. The molecule has 0 aromatic heterocycles. The summed E-state index contributed by atoms with van der Waals surface area (Å²) in [6, 6.07) is 19.4. The summed E-state index contributed by atoms with van der Waals surface area (Å²) in [6.07, 6.45) is 8.40. The van der Waals surface area contributed by atoms with Gasteiger partial charge in [-0.3, -0.25) is 4.79 Å². The molecule has 3 N–H and O–H groups in total. The average molecular weight is 509 g/mol. The molecule has 5 atom stereocenters. The van der Waals surface area contributed by atoms with Crippen LogP contribution in [-0.4, -0.2) is 17.0 Å². The lowest BCUT2D eigenvalue weighted by molar-refractivity contribution is -0.114. The Morgan fingerprint density at radius 1 is 0.947 bits per heavy atom. The van der Waals surface area contributed by atoms with Gasteiger partial charge >= 0.3 is 0 Å². The number of benzene rings is 2. The van der Waals surface area contributed by atoms with E-state index in [4.69, 9.17) is 0 Å². The lowest BCUT2D eigenvalue weighted by Crippen LogP contribution is -2.45. The van der Waals surface area contributed by atoms with Gasteiger partial charge < -0.3 is 15.7 Å². The van der Waals surface area contributed by atoms with E-state index in [1.54, 1.807) is 5.57 Å². The van der Waals surface area contributed by atoms with Crippen molar-refractivity contribution in [2.75, 3.05) is 0 Å². The van der Waals surface area contributed by atoms with Crippen LogP contribution in [0.1, 0.15) is 74.5 Å². The summed E-state index contributed by atoms with van der Waals surface area (Å²) in [5, 5.41) is 17.9. The molecule has 0 spiro atoms. The lowest BCUT2D eigenvalue weighted by Gasteiger charge is -2.52. The molecule has 4 heteroatoms. The van der Waals surface area contributed by atoms with Crippen molar-refractivity contribution in [3.8, 4) is 0 Å². The number of allylic oxidation sites excluding steroid dienone is 4. The predicted octanol–water partition coefficient (Wildman–Crippen LogP) is 6.30. The Bertz CT molecular complexity index is 1280. The maximum absolute atomic E-state index is 12.2. The molecule has 0 amide bonds. The van der Waals surface area contributed by atoms with E-state index >= 15 is 0 Å². The number of nitrogens with one attached hydrogen (secondary N) is 2. The van der Waals surface area contributed by atoms with Crippen LogP contribution < -0.4 is 10.6 Å². The molecule has 4 nitrogen and oxygen atoms in total. The van der Waals surface area contributed by atoms with E-state index in [-0.39, 0.29) is 17.3 Å². The van der Waals surface area contributed by atoms with Gasteiger partial charge in [0.2, 0.25) is 0 Å². The van der Waals surface area contributed by atoms with Gasteiger partial charge in [0.1, 0.15) is 0 Å². The summed E-state index contributed by atoms with van der Waals surface area (Å²) >= 11 is 0. The monoisotopic (exact) mass is 508 g/mol. The van der Waals surface area contributed by atoms with Crippen LogP contribution in [0.25, 0.3) is 0 Å². The molecule has 198 valence electrons. The van der Waals surface area contributed by atoms with E-state index in [0.29, 0.717) is 24.2 Å². The molecule has 5 unspecified atom stereocenters. The Morgan fingerprint density at radius 2 is 1.66 bits per heavy atom. The van der Waals surface area contributed by atoms with E-state index in [1.165, 1.54) is 27.8 Å². The summed E-state index contributed by atoms with van der Waals surface area (Å²) in [6.45, 7) is 7.94. The van der Waals surface area contributed by atoms with Crippen LogP contribution in [0.3, 0.4) is 0 Å². The van der Waals surface area contributed by atoms with Crippen LogP contribution in [0.15, 0.2) is 89.8 Å². The van der Waals surface area contributed by atoms with E-state index < -0.39 is 0 Å². The third-order valence-electron chi connectivity index (χ3n) is 9.92. The van der Waals surface area contributed by atoms with E-state index in [0.717, 1.165) is 57.4 Å². The molecule has 6 rings (SSSR count). The van der Waals surface area contributed by atoms with E-state index in [9.17, 15) is 9.90 Å². The van der Waals surface area contributed by atoms with Crippen molar-refractivity contribution in [2.24, 2.45) is 17.3 Å². The molecule has 0 aliphatic heterocycles. The molecule has 0 heterocycles. The number of aliphatic hydroxyl groups excluding tert-OH is 1. The fourth-order valence-electron chi connectivity index (χ4n) is 7.88. The highest BCUT2D eigenvalue weighted by Gasteiger charge is 2.56. The molecular formula is C34H40N2O2. The zero-order valence-corrected chi connectivity index (χ0v) is 22.5. The van der Waals surface area contributed by atoms with Gasteiger partial charge in [0.05, 0.1) is 11.9 Å². The van der Waals surface area contributed by atoms with Gasteiger partial charge in [-0.2, -0.15) is 0 Å². The topological polar surface area (TPSA) is 61.4 Å². The number of rotatable bonds is 7. The molecule has 0 radical (unpaired) electrons. The first-order valence-electron chi connectivity index (χ1n) is 14.4. The molecule has 4 aliphatic carbocycles. The number of aliphatic hydroxyl groups is 1. The largest absolute Gasteiger partial charge is 0.393 e. The van der Waals surface area contributed by atoms with E-state index in [2.05, 4.69) is 60.5 Å². The second-order valence-corrected chi connectivity index (χ2v) is 12.1. The van der Waals surface area contributed by atoms with Crippen molar-refractivity contribution >= 4 is 5.78 Å². The number of carbonyl (C=O) groups excluding carboxylic acids is 1. The van der Waals surface area contributed by atoms with Crippen LogP contribution >= 0.6 is 0 Å².